The Labute approximate surface area is 116 Å². The molecule has 0 aliphatic carbocycles. The van der Waals surface area contributed by atoms with E-state index >= 15 is 0 Å². The van der Waals surface area contributed by atoms with Crippen molar-refractivity contribution in [3.05, 3.63) is 26.6 Å². The summed E-state index contributed by atoms with van der Waals surface area (Å²) in [7, 11) is 0. The Morgan fingerprint density at radius 1 is 1.35 bits per heavy atom. The number of anilines is 1. The van der Waals surface area contributed by atoms with Crippen molar-refractivity contribution in [2.45, 2.75) is 19.8 Å². The van der Waals surface area contributed by atoms with Crippen LogP contribution in [0.1, 0.15) is 30.1 Å². The molecule has 1 rings (SSSR count). The van der Waals surface area contributed by atoms with Crippen LogP contribution < -0.4 is 5.32 Å². The normalized spacial score (nSPS) is 10.1. The first-order valence-corrected chi connectivity index (χ1v) is 6.56. The first-order valence-electron chi connectivity index (χ1n) is 4.98. The molecule has 0 aromatic heterocycles. The fraction of sp³-hybridized carbons (Fsp3) is 0.273. The number of carbonyl (C=O) groups is 2. The van der Waals surface area contributed by atoms with Crippen LogP contribution in [0.5, 0.6) is 0 Å². The third-order valence-electron chi connectivity index (χ3n) is 2.03. The van der Waals surface area contributed by atoms with Crippen molar-refractivity contribution < 1.29 is 14.7 Å². The summed E-state index contributed by atoms with van der Waals surface area (Å²) in [5.74, 6) is -1.28. The lowest BCUT2D eigenvalue weighted by Crippen LogP contribution is -2.14. The summed E-state index contributed by atoms with van der Waals surface area (Å²) in [6, 6.07) is 3.14. The molecule has 17 heavy (non-hydrogen) atoms. The van der Waals surface area contributed by atoms with Gasteiger partial charge in [-0.05, 0) is 34.5 Å². The minimum atomic E-state index is -1.08. The van der Waals surface area contributed by atoms with Gasteiger partial charge in [0.15, 0.2) is 0 Å². The number of rotatable bonds is 4. The fourth-order valence-corrected chi connectivity index (χ4v) is 2.62. The molecule has 1 aromatic carbocycles. The second kappa shape index (κ2) is 6.16. The maximum Gasteiger partial charge on any atom is 0.337 e. The standard InChI is InChI=1S/C11H11Br2NO3/c1-2-3-9(15)14-10-7(11(16)17)4-6(12)5-8(10)13/h4-5H,2-3H2,1H3,(H,14,15)(H,16,17). The van der Waals surface area contributed by atoms with Crippen LogP contribution in [-0.2, 0) is 4.79 Å². The van der Waals surface area contributed by atoms with Crippen LogP contribution in [0, 0.1) is 0 Å². The van der Waals surface area contributed by atoms with Crippen molar-refractivity contribution in [1.29, 1.82) is 0 Å². The van der Waals surface area contributed by atoms with Crippen LogP contribution >= 0.6 is 31.9 Å². The summed E-state index contributed by atoms with van der Waals surface area (Å²) < 4.78 is 1.17. The van der Waals surface area contributed by atoms with Crippen LogP contribution in [0.25, 0.3) is 0 Å². The average Bonchev–Trinajstić information content (AvgIpc) is 2.21. The Morgan fingerprint density at radius 3 is 2.53 bits per heavy atom. The molecule has 0 saturated heterocycles. The second-order valence-electron chi connectivity index (χ2n) is 3.41. The zero-order valence-corrected chi connectivity index (χ0v) is 12.3. The molecule has 1 amide bonds. The third kappa shape index (κ3) is 3.81. The van der Waals surface area contributed by atoms with E-state index in [1.54, 1.807) is 6.07 Å². The second-order valence-corrected chi connectivity index (χ2v) is 5.18. The SMILES string of the molecule is CCCC(=O)Nc1c(Br)cc(Br)cc1C(=O)O. The molecule has 2 N–H and O–H groups in total. The lowest BCUT2D eigenvalue weighted by molar-refractivity contribution is -0.116. The smallest absolute Gasteiger partial charge is 0.337 e. The van der Waals surface area contributed by atoms with Crippen molar-refractivity contribution in [1.82, 2.24) is 0 Å². The largest absolute Gasteiger partial charge is 0.478 e. The van der Waals surface area contributed by atoms with Crippen LogP contribution in [0.3, 0.4) is 0 Å². The van der Waals surface area contributed by atoms with Gasteiger partial charge in [-0.15, -0.1) is 0 Å². The van der Waals surface area contributed by atoms with Gasteiger partial charge in [-0.3, -0.25) is 4.79 Å². The Kier molecular flexibility index (Phi) is 5.14. The molecular formula is C11H11Br2NO3. The number of carboxylic acids is 1. The van der Waals surface area contributed by atoms with Crippen molar-refractivity contribution >= 4 is 49.4 Å². The monoisotopic (exact) mass is 363 g/mol. The van der Waals surface area contributed by atoms with Crippen LogP contribution in [0.2, 0.25) is 0 Å². The van der Waals surface area contributed by atoms with Crippen molar-refractivity contribution in [3.8, 4) is 0 Å². The molecule has 6 heteroatoms. The van der Waals surface area contributed by atoms with Gasteiger partial charge in [0.25, 0.3) is 0 Å². The molecule has 0 radical (unpaired) electrons. The number of carbonyl (C=O) groups excluding carboxylic acids is 1. The highest BCUT2D eigenvalue weighted by atomic mass is 79.9. The zero-order chi connectivity index (χ0) is 13.0. The molecule has 4 nitrogen and oxygen atoms in total. The van der Waals surface area contributed by atoms with Gasteiger partial charge in [0.1, 0.15) is 0 Å². The first kappa shape index (κ1) is 14.2. The van der Waals surface area contributed by atoms with Gasteiger partial charge in [0.2, 0.25) is 5.91 Å². The number of amides is 1. The van der Waals surface area contributed by atoms with Gasteiger partial charge in [0.05, 0.1) is 11.3 Å². The highest BCUT2D eigenvalue weighted by molar-refractivity contribution is 9.11. The minimum Gasteiger partial charge on any atom is -0.478 e. The van der Waals surface area contributed by atoms with E-state index in [4.69, 9.17) is 5.11 Å². The minimum absolute atomic E-state index is 0.0516. The van der Waals surface area contributed by atoms with E-state index < -0.39 is 5.97 Å². The molecular weight excluding hydrogens is 354 g/mol. The molecule has 0 aliphatic heterocycles. The van der Waals surface area contributed by atoms with Crippen LogP contribution in [-0.4, -0.2) is 17.0 Å². The third-order valence-corrected chi connectivity index (χ3v) is 3.11. The van der Waals surface area contributed by atoms with Crippen molar-refractivity contribution in [2.75, 3.05) is 5.32 Å². The molecule has 0 atom stereocenters. The number of hydrogen-bond donors (Lipinski definition) is 2. The fourth-order valence-electron chi connectivity index (χ4n) is 1.30. The van der Waals surface area contributed by atoms with E-state index in [2.05, 4.69) is 37.2 Å². The highest BCUT2D eigenvalue weighted by Gasteiger charge is 2.16. The molecule has 0 aliphatic rings. The summed E-state index contributed by atoms with van der Waals surface area (Å²) in [4.78, 5) is 22.6. The molecule has 0 heterocycles. The Bertz CT molecular complexity index is 460. The van der Waals surface area contributed by atoms with E-state index in [1.807, 2.05) is 6.92 Å². The topological polar surface area (TPSA) is 66.4 Å². The lowest BCUT2D eigenvalue weighted by atomic mass is 10.1. The van der Waals surface area contributed by atoms with Crippen LogP contribution in [0.15, 0.2) is 21.1 Å². The maximum atomic E-state index is 11.5. The Balaban J connectivity index is 3.12. The lowest BCUT2D eigenvalue weighted by Gasteiger charge is -2.11. The van der Waals surface area contributed by atoms with Gasteiger partial charge in [-0.2, -0.15) is 0 Å². The Morgan fingerprint density at radius 2 is 2.00 bits per heavy atom. The van der Waals surface area contributed by atoms with Gasteiger partial charge in [0, 0.05) is 15.4 Å². The quantitative estimate of drug-likeness (QED) is 0.856. The summed E-state index contributed by atoms with van der Waals surface area (Å²) >= 11 is 6.44. The molecule has 0 saturated carbocycles. The van der Waals surface area contributed by atoms with E-state index in [1.165, 1.54) is 6.07 Å². The predicted molar refractivity (Wildman–Crippen MR) is 72.3 cm³/mol. The van der Waals surface area contributed by atoms with Gasteiger partial charge < -0.3 is 10.4 Å². The molecule has 0 bridgehead atoms. The number of hydrogen-bond acceptors (Lipinski definition) is 2. The summed E-state index contributed by atoms with van der Waals surface area (Å²) in [6.45, 7) is 1.88. The highest BCUT2D eigenvalue weighted by Crippen LogP contribution is 2.31. The molecule has 92 valence electrons. The predicted octanol–water partition coefficient (Wildman–Crippen LogP) is 3.65. The van der Waals surface area contributed by atoms with E-state index in [0.717, 1.165) is 0 Å². The van der Waals surface area contributed by atoms with E-state index in [9.17, 15) is 9.59 Å². The van der Waals surface area contributed by atoms with E-state index in [-0.39, 0.29) is 11.5 Å². The number of halogens is 2. The molecule has 0 fully saturated rings. The van der Waals surface area contributed by atoms with Gasteiger partial charge in [-0.25, -0.2) is 4.79 Å². The summed E-state index contributed by atoms with van der Waals surface area (Å²) in [6.07, 6.45) is 1.07. The van der Waals surface area contributed by atoms with Crippen LogP contribution in [0.4, 0.5) is 5.69 Å². The van der Waals surface area contributed by atoms with Gasteiger partial charge >= 0.3 is 5.97 Å². The molecule has 1 aromatic rings. The summed E-state index contributed by atoms with van der Waals surface area (Å²) in [5.41, 5.74) is 0.342. The molecule has 0 spiro atoms. The molecule has 0 unspecified atom stereocenters. The van der Waals surface area contributed by atoms with E-state index in [0.29, 0.717) is 27.5 Å². The zero-order valence-electron chi connectivity index (χ0n) is 9.09. The van der Waals surface area contributed by atoms with Crippen molar-refractivity contribution in [3.63, 3.8) is 0 Å². The number of carboxylic acid groups (broad SMARTS) is 1. The maximum absolute atomic E-state index is 11.5. The van der Waals surface area contributed by atoms with Gasteiger partial charge in [-0.1, -0.05) is 22.9 Å². The summed E-state index contributed by atoms with van der Waals surface area (Å²) in [5, 5.41) is 11.7. The van der Waals surface area contributed by atoms with Crippen molar-refractivity contribution in [2.24, 2.45) is 0 Å². The number of benzene rings is 1. The number of nitrogens with one attached hydrogen (secondary N) is 1. The number of aromatic carboxylic acids is 1. The Hall–Kier alpha value is -0.880. The average molecular weight is 365 g/mol. The first-order chi connectivity index (χ1) is 7.95.